The van der Waals surface area contributed by atoms with Crippen LogP contribution in [-0.2, 0) is 4.74 Å². The van der Waals surface area contributed by atoms with Gasteiger partial charge in [-0.05, 0) is 43.9 Å². The van der Waals surface area contributed by atoms with Gasteiger partial charge < -0.3 is 4.74 Å². The highest BCUT2D eigenvalue weighted by Crippen LogP contribution is 2.59. The van der Waals surface area contributed by atoms with E-state index >= 15 is 0 Å². The first-order valence-electron chi connectivity index (χ1n) is 8.59. The predicted octanol–water partition coefficient (Wildman–Crippen LogP) is 5.15. The van der Waals surface area contributed by atoms with E-state index in [9.17, 15) is 8.78 Å². The fourth-order valence-corrected chi connectivity index (χ4v) is 3.64. The summed E-state index contributed by atoms with van der Waals surface area (Å²) in [5.41, 5.74) is 2.87. The molecule has 2 aliphatic rings. The van der Waals surface area contributed by atoms with Crippen molar-refractivity contribution in [2.45, 2.75) is 63.2 Å². The summed E-state index contributed by atoms with van der Waals surface area (Å²) in [6.45, 7) is 4.18. The molecule has 24 heavy (non-hydrogen) atoms. The molecule has 2 heterocycles. The molecule has 1 saturated carbocycles. The lowest BCUT2D eigenvalue weighted by molar-refractivity contribution is -0.0508. The number of nitrogens with zero attached hydrogens (tertiary/aromatic N) is 2. The zero-order valence-electron chi connectivity index (χ0n) is 14.0. The number of aromatic nitrogens is 2. The van der Waals surface area contributed by atoms with E-state index in [1.807, 2.05) is 29.2 Å². The van der Waals surface area contributed by atoms with Gasteiger partial charge in [-0.15, -0.1) is 0 Å². The molecule has 1 spiro atoms. The highest BCUT2D eigenvalue weighted by molar-refractivity contribution is 5.63. The summed E-state index contributed by atoms with van der Waals surface area (Å²) in [5, 5.41) is 4.38. The van der Waals surface area contributed by atoms with Gasteiger partial charge in [-0.2, -0.15) is 5.10 Å². The van der Waals surface area contributed by atoms with Gasteiger partial charge in [0.2, 0.25) is 5.92 Å². The molecule has 1 saturated heterocycles. The molecule has 2 fully saturated rings. The van der Waals surface area contributed by atoms with Crippen molar-refractivity contribution in [2.24, 2.45) is 0 Å². The lowest BCUT2D eigenvalue weighted by atomic mass is 9.82. The maximum absolute atomic E-state index is 13.4. The second-order valence-corrected chi connectivity index (χ2v) is 7.35. The van der Waals surface area contributed by atoms with Crippen LogP contribution in [0.3, 0.4) is 0 Å². The van der Waals surface area contributed by atoms with E-state index in [1.165, 1.54) is 0 Å². The number of rotatable bonds is 3. The summed E-state index contributed by atoms with van der Waals surface area (Å²) >= 11 is 0. The van der Waals surface area contributed by atoms with Gasteiger partial charge in [0, 0.05) is 30.6 Å². The van der Waals surface area contributed by atoms with E-state index in [-0.39, 0.29) is 24.5 Å². The summed E-state index contributed by atoms with van der Waals surface area (Å²) in [4.78, 5) is 0. The molecule has 3 nitrogen and oxygen atoms in total. The second-order valence-electron chi connectivity index (χ2n) is 7.35. The predicted molar refractivity (Wildman–Crippen MR) is 88.0 cm³/mol. The molecule has 1 aliphatic heterocycles. The van der Waals surface area contributed by atoms with E-state index in [2.05, 4.69) is 31.1 Å². The van der Waals surface area contributed by atoms with Crippen LogP contribution in [0.2, 0.25) is 0 Å². The first-order valence-corrected chi connectivity index (χ1v) is 8.59. The van der Waals surface area contributed by atoms with Gasteiger partial charge in [-0.25, -0.2) is 8.78 Å². The second kappa shape index (κ2) is 5.38. The molecular formula is C19H22F2N2O. The molecule has 0 radical (unpaired) electrons. The first-order chi connectivity index (χ1) is 11.4. The highest BCUT2D eigenvalue weighted by Gasteiger charge is 2.60. The molecule has 5 heteroatoms. The molecule has 1 unspecified atom stereocenters. The summed E-state index contributed by atoms with van der Waals surface area (Å²) in [5.74, 6) is -2.52. The Labute approximate surface area is 140 Å². The van der Waals surface area contributed by atoms with Crippen molar-refractivity contribution in [1.82, 2.24) is 9.78 Å². The third kappa shape index (κ3) is 2.75. The minimum atomic E-state index is -2.52. The smallest absolute Gasteiger partial charge is 0.248 e. The van der Waals surface area contributed by atoms with Gasteiger partial charge in [0.05, 0.1) is 11.8 Å². The van der Waals surface area contributed by atoms with Crippen LogP contribution < -0.4 is 0 Å². The number of epoxide rings is 1. The lowest BCUT2D eigenvalue weighted by Crippen LogP contribution is -2.29. The summed E-state index contributed by atoms with van der Waals surface area (Å²) in [6.07, 6.45) is 4.61. The van der Waals surface area contributed by atoms with Crippen molar-refractivity contribution in [3.8, 4) is 11.1 Å². The number of hydrogen-bond acceptors (Lipinski definition) is 2. The molecule has 0 N–H and O–H groups in total. The van der Waals surface area contributed by atoms with Crippen molar-refractivity contribution < 1.29 is 13.5 Å². The van der Waals surface area contributed by atoms with Crippen LogP contribution in [0.5, 0.6) is 0 Å². The third-order valence-electron chi connectivity index (χ3n) is 5.25. The van der Waals surface area contributed by atoms with Crippen molar-refractivity contribution in [3.63, 3.8) is 0 Å². The Morgan fingerprint density at radius 2 is 1.92 bits per heavy atom. The van der Waals surface area contributed by atoms with Gasteiger partial charge in [0.15, 0.2) is 0 Å². The van der Waals surface area contributed by atoms with E-state index in [0.717, 1.165) is 16.7 Å². The van der Waals surface area contributed by atoms with Crippen molar-refractivity contribution >= 4 is 0 Å². The van der Waals surface area contributed by atoms with Gasteiger partial charge in [0.25, 0.3) is 0 Å². The van der Waals surface area contributed by atoms with E-state index in [4.69, 9.17) is 4.74 Å². The largest absolute Gasteiger partial charge is 0.361 e. The van der Waals surface area contributed by atoms with Crippen LogP contribution in [0.4, 0.5) is 8.78 Å². The topological polar surface area (TPSA) is 30.4 Å². The fourth-order valence-electron chi connectivity index (χ4n) is 3.64. The average Bonchev–Trinajstić information content (AvgIpc) is 3.02. The van der Waals surface area contributed by atoms with Crippen LogP contribution in [0, 0.1) is 0 Å². The fraction of sp³-hybridized carbons (Fsp3) is 0.526. The van der Waals surface area contributed by atoms with Crippen LogP contribution in [0.1, 0.15) is 57.2 Å². The molecule has 1 aliphatic carbocycles. The minimum Gasteiger partial charge on any atom is -0.361 e. The Hall–Kier alpha value is -1.75. The summed E-state index contributed by atoms with van der Waals surface area (Å²) in [7, 11) is 0. The highest BCUT2D eigenvalue weighted by atomic mass is 19.3. The molecule has 4 rings (SSSR count). The SMILES string of the molecule is CC(C)n1cc(-c2cccc(C3OC34CCC(F)(F)CC4)c2)cn1. The molecule has 0 bridgehead atoms. The number of halogens is 2. The van der Waals surface area contributed by atoms with Crippen LogP contribution in [0.15, 0.2) is 36.7 Å². The third-order valence-corrected chi connectivity index (χ3v) is 5.25. The number of alkyl halides is 2. The zero-order valence-corrected chi connectivity index (χ0v) is 14.0. The Balaban J connectivity index is 1.54. The van der Waals surface area contributed by atoms with Crippen LogP contribution in [-0.4, -0.2) is 21.3 Å². The normalized spacial score (nSPS) is 24.5. The Morgan fingerprint density at radius 3 is 2.58 bits per heavy atom. The van der Waals surface area contributed by atoms with E-state index in [0.29, 0.717) is 18.9 Å². The molecule has 1 aromatic heterocycles. The van der Waals surface area contributed by atoms with E-state index in [1.54, 1.807) is 0 Å². The lowest BCUT2D eigenvalue weighted by Gasteiger charge is -2.26. The van der Waals surface area contributed by atoms with Gasteiger partial charge in [0.1, 0.15) is 6.10 Å². The van der Waals surface area contributed by atoms with E-state index < -0.39 is 5.92 Å². The Kier molecular flexibility index (Phi) is 3.53. The van der Waals surface area contributed by atoms with Gasteiger partial charge in [-0.3, -0.25) is 4.68 Å². The summed E-state index contributed by atoms with van der Waals surface area (Å²) in [6, 6.07) is 8.51. The van der Waals surface area contributed by atoms with Crippen molar-refractivity contribution in [2.75, 3.05) is 0 Å². The number of hydrogen-bond donors (Lipinski definition) is 0. The van der Waals surface area contributed by atoms with Crippen LogP contribution >= 0.6 is 0 Å². The Bertz CT molecular complexity index is 743. The molecule has 1 atom stereocenters. The Morgan fingerprint density at radius 1 is 1.17 bits per heavy atom. The molecular weight excluding hydrogens is 310 g/mol. The number of benzene rings is 1. The summed E-state index contributed by atoms with van der Waals surface area (Å²) < 4.78 is 34.6. The zero-order chi connectivity index (χ0) is 16.9. The van der Waals surface area contributed by atoms with Gasteiger partial charge in [-0.1, -0.05) is 18.2 Å². The standard InChI is InChI=1S/C19H22F2N2O/c1-13(2)23-12-16(11-22-23)14-4-3-5-15(10-14)17-18(24-17)6-8-19(20,21)9-7-18/h3-5,10-13,17H,6-9H2,1-2H3. The monoisotopic (exact) mass is 332 g/mol. The van der Waals surface area contributed by atoms with Crippen molar-refractivity contribution in [1.29, 1.82) is 0 Å². The number of ether oxygens (including phenoxy) is 1. The first kappa shape index (κ1) is 15.8. The maximum Gasteiger partial charge on any atom is 0.248 e. The quantitative estimate of drug-likeness (QED) is 0.728. The molecule has 128 valence electrons. The van der Waals surface area contributed by atoms with Crippen LogP contribution in [0.25, 0.3) is 11.1 Å². The minimum absolute atomic E-state index is 0.0475. The average molecular weight is 332 g/mol. The molecule has 0 amide bonds. The molecule has 1 aromatic carbocycles. The van der Waals surface area contributed by atoms with Gasteiger partial charge >= 0.3 is 0 Å². The van der Waals surface area contributed by atoms with Crippen molar-refractivity contribution in [3.05, 3.63) is 42.2 Å². The maximum atomic E-state index is 13.4. The molecule has 2 aromatic rings.